The molecule has 8 nitrogen and oxygen atoms in total. The fraction of sp³-hybridized carbons (Fsp3) is 0.429. The van der Waals surface area contributed by atoms with Crippen LogP contribution in [0.3, 0.4) is 0 Å². The molecule has 1 fully saturated rings. The summed E-state index contributed by atoms with van der Waals surface area (Å²) in [6.45, 7) is 5.01. The van der Waals surface area contributed by atoms with Crippen LogP contribution < -0.4 is 18.9 Å². The van der Waals surface area contributed by atoms with Crippen molar-refractivity contribution in [2.45, 2.75) is 11.4 Å². The predicted molar refractivity (Wildman–Crippen MR) is 109 cm³/mol. The average molecular weight is 432 g/mol. The van der Waals surface area contributed by atoms with Crippen molar-refractivity contribution in [3.63, 3.8) is 0 Å². The topological polar surface area (TPSA) is 77.5 Å². The van der Waals surface area contributed by atoms with Crippen molar-refractivity contribution in [2.24, 2.45) is 0 Å². The molecule has 0 aromatic heterocycles. The van der Waals surface area contributed by atoms with E-state index >= 15 is 0 Å². The van der Waals surface area contributed by atoms with Crippen LogP contribution in [0.5, 0.6) is 23.0 Å². The van der Waals surface area contributed by atoms with Crippen molar-refractivity contribution in [1.82, 2.24) is 9.21 Å². The Balaban J connectivity index is 1.23. The van der Waals surface area contributed by atoms with Gasteiger partial charge in [0.1, 0.15) is 26.4 Å². The summed E-state index contributed by atoms with van der Waals surface area (Å²) < 4.78 is 49.9. The third-order valence-electron chi connectivity index (χ3n) is 5.50. The first-order valence-electron chi connectivity index (χ1n) is 10.1. The molecule has 160 valence electrons. The van der Waals surface area contributed by atoms with Gasteiger partial charge in [0.25, 0.3) is 0 Å². The lowest BCUT2D eigenvalue weighted by Gasteiger charge is -2.34. The van der Waals surface area contributed by atoms with E-state index in [1.165, 1.54) is 0 Å². The molecule has 0 N–H and O–H groups in total. The Morgan fingerprint density at radius 3 is 1.93 bits per heavy atom. The molecule has 2 aromatic rings. The highest BCUT2D eigenvalue weighted by atomic mass is 32.2. The highest BCUT2D eigenvalue weighted by Gasteiger charge is 2.30. The fourth-order valence-electron chi connectivity index (χ4n) is 3.91. The molecule has 30 heavy (non-hydrogen) atoms. The van der Waals surface area contributed by atoms with Crippen molar-refractivity contribution < 1.29 is 27.4 Å². The molecule has 3 aliphatic heterocycles. The first-order chi connectivity index (χ1) is 14.6. The van der Waals surface area contributed by atoms with E-state index in [2.05, 4.69) is 4.90 Å². The van der Waals surface area contributed by atoms with E-state index in [1.807, 2.05) is 18.2 Å². The molecule has 0 amide bonds. The molecule has 0 radical (unpaired) electrons. The van der Waals surface area contributed by atoms with Crippen molar-refractivity contribution in [3.05, 3.63) is 42.0 Å². The van der Waals surface area contributed by atoms with E-state index in [0.29, 0.717) is 64.1 Å². The van der Waals surface area contributed by atoms with E-state index in [1.54, 1.807) is 22.5 Å². The molecule has 5 rings (SSSR count). The maximum Gasteiger partial charge on any atom is 0.243 e. The SMILES string of the molecule is O=S(=O)(c1ccc2c(c1)OCCO2)N1CCN(Cc2ccc3c(c2)OCCO3)CC1. The largest absolute Gasteiger partial charge is 0.486 e. The fourth-order valence-corrected chi connectivity index (χ4v) is 5.34. The molecule has 0 unspecified atom stereocenters. The number of ether oxygens (including phenoxy) is 4. The minimum atomic E-state index is -3.57. The van der Waals surface area contributed by atoms with Gasteiger partial charge in [0.05, 0.1) is 4.90 Å². The summed E-state index contributed by atoms with van der Waals surface area (Å²) in [6, 6.07) is 10.8. The lowest BCUT2D eigenvalue weighted by Crippen LogP contribution is -2.48. The van der Waals surface area contributed by atoms with E-state index in [4.69, 9.17) is 18.9 Å². The standard InChI is InChI=1S/C21H24N2O6S/c24-30(25,17-2-4-19-21(14-17)29-12-10-27-19)23-7-5-22(6-8-23)15-16-1-3-18-20(13-16)28-11-9-26-18/h1-4,13-14H,5-12,15H2. The second kappa shape index (κ2) is 7.98. The minimum Gasteiger partial charge on any atom is -0.486 e. The van der Waals surface area contributed by atoms with Gasteiger partial charge in [-0.3, -0.25) is 4.90 Å². The summed E-state index contributed by atoms with van der Waals surface area (Å²) in [5.74, 6) is 2.63. The summed E-state index contributed by atoms with van der Waals surface area (Å²) in [5.41, 5.74) is 1.13. The van der Waals surface area contributed by atoms with Crippen LogP contribution in [0.1, 0.15) is 5.56 Å². The summed E-state index contributed by atoms with van der Waals surface area (Å²) >= 11 is 0. The molecule has 0 spiro atoms. The molecule has 1 saturated heterocycles. The molecule has 0 bridgehead atoms. The molecule has 0 saturated carbocycles. The average Bonchev–Trinajstić information content (AvgIpc) is 2.79. The zero-order chi connectivity index (χ0) is 20.6. The van der Waals surface area contributed by atoms with Crippen LogP contribution in [0, 0.1) is 0 Å². The molecule has 3 aliphatic rings. The van der Waals surface area contributed by atoms with Crippen LogP contribution in [0.4, 0.5) is 0 Å². The van der Waals surface area contributed by atoms with Crippen LogP contribution in [-0.2, 0) is 16.6 Å². The Morgan fingerprint density at radius 2 is 1.27 bits per heavy atom. The second-order valence-electron chi connectivity index (χ2n) is 7.46. The maximum atomic E-state index is 13.1. The Morgan fingerprint density at radius 1 is 0.700 bits per heavy atom. The Hall–Kier alpha value is -2.49. The highest BCUT2D eigenvalue weighted by Crippen LogP contribution is 2.34. The van der Waals surface area contributed by atoms with Crippen LogP contribution in [-0.4, -0.2) is 70.2 Å². The minimum absolute atomic E-state index is 0.243. The van der Waals surface area contributed by atoms with E-state index < -0.39 is 10.0 Å². The van der Waals surface area contributed by atoms with Gasteiger partial charge in [-0.25, -0.2) is 8.42 Å². The number of fused-ring (bicyclic) bond motifs is 2. The number of benzene rings is 2. The Bertz CT molecular complexity index is 1030. The van der Waals surface area contributed by atoms with Crippen molar-refractivity contribution in [2.75, 3.05) is 52.6 Å². The number of nitrogens with zero attached hydrogens (tertiary/aromatic N) is 2. The van der Waals surface area contributed by atoms with Gasteiger partial charge >= 0.3 is 0 Å². The number of sulfonamides is 1. The smallest absolute Gasteiger partial charge is 0.243 e. The Kier molecular flexibility index (Phi) is 5.18. The monoisotopic (exact) mass is 432 g/mol. The lowest BCUT2D eigenvalue weighted by molar-refractivity contribution is 0.168. The summed E-state index contributed by atoms with van der Waals surface area (Å²) in [4.78, 5) is 2.49. The predicted octanol–water partition coefficient (Wildman–Crippen LogP) is 1.74. The summed E-state index contributed by atoms with van der Waals surface area (Å²) in [7, 11) is -3.57. The normalized spacial score (nSPS) is 19.5. The van der Waals surface area contributed by atoms with Gasteiger partial charge in [0.15, 0.2) is 23.0 Å². The molecule has 0 atom stereocenters. The van der Waals surface area contributed by atoms with Gasteiger partial charge in [0, 0.05) is 38.8 Å². The zero-order valence-corrected chi connectivity index (χ0v) is 17.4. The lowest BCUT2D eigenvalue weighted by atomic mass is 10.1. The first-order valence-corrected chi connectivity index (χ1v) is 11.5. The molecular formula is C21H24N2O6S. The third kappa shape index (κ3) is 3.80. The van der Waals surface area contributed by atoms with Gasteiger partial charge in [-0.2, -0.15) is 4.31 Å². The molecule has 3 heterocycles. The number of rotatable bonds is 4. The van der Waals surface area contributed by atoms with E-state index in [0.717, 1.165) is 23.6 Å². The molecule has 0 aliphatic carbocycles. The first kappa shape index (κ1) is 19.5. The molecule has 2 aromatic carbocycles. The van der Waals surface area contributed by atoms with Crippen LogP contribution >= 0.6 is 0 Å². The third-order valence-corrected chi connectivity index (χ3v) is 7.39. The summed E-state index contributed by atoms with van der Waals surface area (Å²) in [6.07, 6.45) is 0. The number of hydrogen-bond donors (Lipinski definition) is 0. The van der Waals surface area contributed by atoms with Crippen molar-refractivity contribution in [3.8, 4) is 23.0 Å². The van der Waals surface area contributed by atoms with E-state index in [9.17, 15) is 8.42 Å². The Labute approximate surface area is 175 Å². The summed E-state index contributed by atoms with van der Waals surface area (Å²) in [5, 5.41) is 0. The van der Waals surface area contributed by atoms with Gasteiger partial charge in [-0.15, -0.1) is 0 Å². The maximum absolute atomic E-state index is 13.1. The second-order valence-corrected chi connectivity index (χ2v) is 9.40. The molecule has 9 heteroatoms. The number of piperazine rings is 1. The molecular weight excluding hydrogens is 408 g/mol. The van der Waals surface area contributed by atoms with Crippen molar-refractivity contribution in [1.29, 1.82) is 0 Å². The van der Waals surface area contributed by atoms with Crippen LogP contribution in [0.2, 0.25) is 0 Å². The van der Waals surface area contributed by atoms with Crippen LogP contribution in [0.25, 0.3) is 0 Å². The highest BCUT2D eigenvalue weighted by molar-refractivity contribution is 7.89. The number of hydrogen-bond acceptors (Lipinski definition) is 7. The van der Waals surface area contributed by atoms with Gasteiger partial charge in [-0.1, -0.05) is 6.07 Å². The van der Waals surface area contributed by atoms with E-state index in [-0.39, 0.29) is 4.90 Å². The van der Waals surface area contributed by atoms with Crippen molar-refractivity contribution >= 4 is 10.0 Å². The van der Waals surface area contributed by atoms with Gasteiger partial charge in [0.2, 0.25) is 10.0 Å². The quantitative estimate of drug-likeness (QED) is 0.728. The van der Waals surface area contributed by atoms with Crippen LogP contribution in [0.15, 0.2) is 41.3 Å². The van der Waals surface area contributed by atoms with Gasteiger partial charge in [-0.05, 0) is 29.8 Å². The van der Waals surface area contributed by atoms with Gasteiger partial charge < -0.3 is 18.9 Å². The zero-order valence-electron chi connectivity index (χ0n) is 16.6.